The van der Waals surface area contributed by atoms with Gasteiger partial charge in [0, 0.05) is 17.7 Å². The lowest BCUT2D eigenvalue weighted by Crippen LogP contribution is -2.40. The fourth-order valence-electron chi connectivity index (χ4n) is 1.98. The van der Waals surface area contributed by atoms with Crippen LogP contribution in [0.2, 0.25) is 0 Å². The molecule has 0 bridgehead atoms. The van der Waals surface area contributed by atoms with Crippen LogP contribution in [0.4, 0.5) is 4.39 Å². The number of hydrogen-bond acceptors (Lipinski definition) is 3. The van der Waals surface area contributed by atoms with Crippen molar-refractivity contribution >= 4 is 21.7 Å². The number of carbonyl (C=O) groups is 1. The second kappa shape index (κ2) is 5.77. The Labute approximate surface area is 127 Å². The molecule has 0 aliphatic heterocycles. The lowest BCUT2D eigenvalue weighted by molar-refractivity contribution is 0.101. The van der Waals surface area contributed by atoms with E-state index in [9.17, 15) is 18.8 Å². The third-order valence-corrected chi connectivity index (χ3v) is 3.47. The lowest BCUT2D eigenvalue weighted by atomic mass is 10.2. The zero-order valence-corrected chi connectivity index (χ0v) is 13.0. The van der Waals surface area contributed by atoms with Crippen molar-refractivity contribution < 1.29 is 9.18 Å². The monoisotopic (exact) mass is 354 g/mol. The summed E-state index contributed by atoms with van der Waals surface area (Å²) in [4.78, 5) is 35.3. The van der Waals surface area contributed by atoms with Crippen LogP contribution < -0.4 is 11.2 Å². The van der Waals surface area contributed by atoms with E-state index in [2.05, 4.69) is 15.9 Å². The summed E-state index contributed by atoms with van der Waals surface area (Å²) in [5.74, 6) is -0.867. The van der Waals surface area contributed by atoms with Crippen molar-refractivity contribution in [1.82, 2.24) is 9.13 Å². The standard InChI is InChI=1S/C14H12BrFN2O3/c1-8(19)12-7-18(14(21)17(2)13(12)20)6-9-3-10(15)5-11(16)4-9/h3-5,7H,6H2,1-2H3. The number of hydrogen-bond donors (Lipinski definition) is 0. The fraction of sp³-hybridized carbons (Fsp3) is 0.214. The molecule has 0 aliphatic carbocycles. The smallest absolute Gasteiger partial charge is 0.295 e. The van der Waals surface area contributed by atoms with Crippen LogP contribution in [0.25, 0.3) is 0 Å². The van der Waals surface area contributed by atoms with Crippen LogP contribution in [0.1, 0.15) is 22.8 Å². The van der Waals surface area contributed by atoms with Crippen LogP contribution in [-0.4, -0.2) is 14.9 Å². The zero-order chi connectivity index (χ0) is 15.7. The van der Waals surface area contributed by atoms with Crippen LogP contribution in [0.5, 0.6) is 0 Å². The highest BCUT2D eigenvalue weighted by Crippen LogP contribution is 2.15. The molecule has 0 unspecified atom stereocenters. The van der Waals surface area contributed by atoms with E-state index in [0.717, 1.165) is 4.57 Å². The van der Waals surface area contributed by atoms with Crippen molar-refractivity contribution in [3.05, 3.63) is 66.7 Å². The number of rotatable bonds is 3. The van der Waals surface area contributed by atoms with Crippen molar-refractivity contribution in [3.8, 4) is 0 Å². The van der Waals surface area contributed by atoms with Gasteiger partial charge in [-0.25, -0.2) is 9.18 Å². The molecule has 5 nitrogen and oxygen atoms in total. The Morgan fingerprint density at radius 2 is 1.95 bits per heavy atom. The average molecular weight is 355 g/mol. The quantitative estimate of drug-likeness (QED) is 0.788. The number of nitrogens with zero attached hydrogens (tertiary/aromatic N) is 2. The van der Waals surface area contributed by atoms with Crippen LogP contribution in [0, 0.1) is 5.82 Å². The highest BCUT2D eigenvalue weighted by molar-refractivity contribution is 9.10. The molecule has 0 N–H and O–H groups in total. The molecular weight excluding hydrogens is 343 g/mol. The number of carbonyl (C=O) groups excluding carboxylic acids is 1. The first-order chi connectivity index (χ1) is 9.79. The zero-order valence-electron chi connectivity index (χ0n) is 11.4. The second-order valence-electron chi connectivity index (χ2n) is 4.65. The normalized spacial score (nSPS) is 10.7. The Hall–Kier alpha value is -2.02. The van der Waals surface area contributed by atoms with Gasteiger partial charge in [-0.1, -0.05) is 15.9 Å². The molecule has 0 spiro atoms. The molecule has 2 aromatic rings. The minimum absolute atomic E-state index is 0.0591. The Bertz CT molecular complexity index is 819. The fourth-order valence-corrected chi connectivity index (χ4v) is 2.49. The van der Waals surface area contributed by atoms with Crippen LogP contribution in [0.15, 0.2) is 38.5 Å². The summed E-state index contributed by atoms with van der Waals surface area (Å²) in [5, 5.41) is 0. The molecule has 0 radical (unpaired) electrons. The van der Waals surface area contributed by atoms with Gasteiger partial charge in [0.1, 0.15) is 5.82 Å². The molecule has 110 valence electrons. The average Bonchev–Trinajstić information content (AvgIpc) is 2.38. The van der Waals surface area contributed by atoms with E-state index in [-0.39, 0.29) is 12.1 Å². The predicted octanol–water partition coefficient (Wildman–Crippen LogP) is 1.70. The molecule has 21 heavy (non-hydrogen) atoms. The van der Waals surface area contributed by atoms with E-state index in [4.69, 9.17) is 0 Å². The molecule has 1 heterocycles. The third kappa shape index (κ3) is 3.18. The SMILES string of the molecule is CC(=O)c1cn(Cc2cc(F)cc(Br)c2)c(=O)n(C)c1=O. The van der Waals surface area contributed by atoms with Gasteiger partial charge in [0.15, 0.2) is 5.78 Å². The Morgan fingerprint density at radius 1 is 1.29 bits per heavy atom. The molecule has 7 heteroatoms. The number of ketones is 1. The molecule has 2 rings (SSSR count). The summed E-state index contributed by atoms with van der Waals surface area (Å²) in [7, 11) is 1.30. The predicted molar refractivity (Wildman–Crippen MR) is 79.1 cm³/mol. The van der Waals surface area contributed by atoms with E-state index >= 15 is 0 Å². The summed E-state index contributed by atoms with van der Waals surface area (Å²) in [6, 6.07) is 4.25. The van der Waals surface area contributed by atoms with E-state index in [1.54, 1.807) is 6.07 Å². The van der Waals surface area contributed by atoms with Crippen molar-refractivity contribution in [3.63, 3.8) is 0 Å². The van der Waals surface area contributed by atoms with Crippen molar-refractivity contribution in [2.75, 3.05) is 0 Å². The maximum atomic E-state index is 13.4. The maximum absolute atomic E-state index is 13.4. The van der Waals surface area contributed by atoms with E-state index < -0.39 is 22.8 Å². The Balaban J connectivity index is 2.57. The molecule has 1 aromatic carbocycles. The highest BCUT2D eigenvalue weighted by atomic mass is 79.9. The maximum Gasteiger partial charge on any atom is 0.331 e. The van der Waals surface area contributed by atoms with Gasteiger partial charge in [0.2, 0.25) is 0 Å². The number of aromatic nitrogens is 2. The van der Waals surface area contributed by atoms with Gasteiger partial charge in [0.25, 0.3) is 5.56 Å². The van der Waals surface area contributed by atoms with Gasteiger partial charge in [-0.15, -0.1) is 0 Å². The molecular formula is C14H12BrFN2O3. The van der Waals surface area contributed by atoms with Gasteiger partial charge >= 0.3 is 5.69 Å². The molecule has 0 aliphatic rings. The van der Waals surface area contributed by atoms with Gasteiger partial charge in [-0.05, 0) is 30.7 Å². The van der Waals surface area contributed by atoms with E-state index in [1.165, 1.54) is 36.9 Å². The van der Waals surface area contributed by atoms with Crippen LogP contribution >= 0.6 is 15.9 Å². The minimum atomic E-state index is -0.635. The van der Waals surface area contributed by atoms with Crippen molar-refractivity contribution in [2.24, 2.45) is 7.05 Å². The molecule has 0 fully saturated rings. The molecule has 0 saturated carbocycles. The van der Waals surface area contributed by atoms with Crippen molar-refractivity contribution in [1.29, 1.82) is 0 Å². The molecule has 1 aromatic heterocycles. The van der Waals surface area contributed by atoms with Crippen molar-refractivity contribution in [2.45, 2.75) is 13.5 Å². The Morgan fingerprint density at radius 3 is 2.52 bits per heavy atom. The number of benzene rings is 1. The van der Waals surface area contributed by atoms with Crippen LogP contribution in [0.3, 0.4) is 0 Å². The number of Topliss-reactive ketones (excluding diaryl/α,β-unsaturated/α-hetero) is 1. The number of halogens is 2. The highest BCUT2D eigenvalue weighted by Gasteiger charge is 2.12. The molecule has 0 amide bonds. The topological polar surface area (TPSA) is 61.1 Å². The summed E-state index contributed by atoms with van der Waals surface area (Å²) >= 11 is 3.17. The molecule has 0 saturated heterocycles. The summed E-state index contributed by atoms with van der Waals surface area (Å²) in [6.07, 6.45) is 1.21. The molecule has 0 atom stereocenters. The summed E-state index contributed by atoms with van der Waals surface area (Å²) in [6.45, 7) is 1.31. The van der Waals surface area contributed by atoms with Gasteiger partial charge < -0.3 is 0 Å². The largest absolute Gasteiger partial charge is 0.331 e. The Kier molecular flexibility index (Phi) is 4.22. The van der Waals surface area contributed by atoms with Gasteiger partial charge in [-0.2, -0.15) is 0 Å². The first-order valence-corrected chi connectivity index (χ1v) is 6.85. The van der Waals surface area contributed by atoms with Gasteiger partial charge in [-0.3, -0.25) is 18.7 Å². The van der Waals surface area contributed by atoms with Gasteiger partial charge in [0.05, 0.1) is 12.1 Å². The van der Waals surface area contributed by atoms with E-state index in [0.29, 0.717) is 10.0 Å². The third-order valence-electron chi connectivity index (χ3n) is 3.01. The summed E-state index contributed by atoms with van der Waals surface area (Å²) < 4.78 is 16.0. The van der Waals surface area contributed by atoms with E-state index in [1.807, 2.05) is 0 Å². The second-order valence-corrected chi connectivity index (χ2v) is 5.57. The minimum Gasteiger partial charge on any atom is -0.295 e. The lowest BCUT2D eigenvalue weighted by Gasteiger charge is -2.10. The first kappa shape index (κ1) is 15.4. The summed E-state index contributed by atoms with van der Waals surface area (Å²) in [5.41, 5.74) is -0.737. The first-order valence-electron chi connectivity index (χ1n) is 6.06. The van der Waals surface area contributed by atoms with Crippen LogP contribution in [-0.2, 0) is 13.6 Å².